The van der Waals surface area contributed by atoms with Crippen molar-refractivity contribution >= 4 is 11.8 Å². The normalized spacial score (nSPS) is 10.6. The van der Waals surface area contributed by atoms with E-state index in [9.17, 15) is 0 Å². The summed E-state index contributed by atoms with van der Waals surface area (Å²) in [6, 6.07) is 1.88. The summed E-state index contributed by atoms with van der Waals surface area (Å²) in [5.74, 6) is 2.20. The molecule has 0 spiro atoms. The Kier molecular flexibility index (Phi) is 6.32. The van der Waals surface area contributed by atoms with Crippen LogP contribution in [-0.2, 0) is 4.74 Å². The third kappa shape index (κ3) is 6.06. The van der Waals surface area contributed by atoms with Crippen LogP contribution in [0, 0.1) is 5.92 Å². The highest BCUT2D eigenvalue weighted by molar-refractivity contribution is 5.39. The summed E-state index contributed by atoms with van der Waals surface area (Å²) in [5.41, 5.74) is 0. The quantitative estimate of drug-likeness (QED) is 0.678. The zero-order valence-corrected chi connectivity index (χ0v) is 10.9. The Morgan fingerprint density at radius 3 is 2.82 bits per heavy atom. The fourth-order valence-corrected chi connectivity index (χ4v) is 1.30. The number of aromatic nitrogens is 2. The zero-order valence-electron chi connectivity index (χ0n) is 10.9. The van der Waals surface area contributed by atoms with E-state index in [-0.39, 0.29) is 0 Å². The molecule has 0 aromatic carbocycles. The van der Waals surface area contributed by atoms with Gasteiger partial charge in [0.15, 0.2) is 0 Å². The lowest BCUT2D eigenvalue weighted by atomic mass is 10.1. The summed E-state index contributed by atoms with van der Waals surface area (Å²) in [4.78, 5) is 8.49. The van der Waals surface area contributed by atoms with E-state index in [2.05, 4.69) is 34.4 Å². The Labute approximate surface area is 103 Å². The lowest BCUT2D eigenvalue weighted by Crippen LogP contribution is -2.12. The molecule has 0 amide bonds. The molecule has 0 aliphatic heterocycles. The van der Waals surface area contributed by atoms with Crippen molar-refractivity contribution in [3.63, 3.8) is 0 Å². The standard InChI is InChI=1S/C12H22N4O/c1-10(2)4-6-13-11-5-7-14-12(16-11)15-8-9-17-3/h5,7,10H,4,6,8-9H2,1-3H3,(H2,13,14,15,16). The molecule has 0 aliphatic rings. The van der Waals surface area contributed by atoms with Crippen LogP contribution in [0.2, 0.25) is 0 Å². The van der Waals surface area contributed by atoms with Crippen molar-refractivity contribution in [1.82, 2.24) is 9.97 Å². The second kappa shape index (κ2) is 7.84. The molecular weight excluding hydrogens is 216 g/mol. The molecule has 5 heteroatoms. The molecule has 17 heavy (non-hydrogen) atoms. The van der Waals surface area contributed by atoms with Crippen molar-refractivity contribution in [2.24, 2.45) is 5.92 Å². The molecule has 0 aliphatic carbocycles. The van der Waals surface area contributed by atoms with Gasteiger partial charge >= 0.3 is 0 Å². The van der Waals surface area contributed by atoms with Crippen molar-refractivity contribution in [3.8, 4) is 0 Å². The number of nitrogens with zero attached hydrogens (tertiary/aromatic N) is 2. The third-order valence-electron chi connectivity index (χ3n) is 2.27. The van der Waals surface area contributed by atoms with Crippen molar-refractivity contribution < 1.29 is 4.74 Å². The van der Waals surface area contributed by atoms with E-state index in [1.807, 2.05) is 6.07 Å². The molecule has 5 nitrogen and oxygen atoms in total. The van der Waals surface area contributed by atoms with Crippen LogP contribution in [0.25, 0.3) is 0 Å². The minimum absolute atomic E-state index is 0.636. The van der Waals surface area contributed by atoms with Gasteiger partial charge in [0.05, 0.1) is 6.61 Å². The van der Waals surface area contributed by atoms with Crippen molar-refractivity contribution in [2.45, 2.75) is 20.3 Å². The van der Waals surface area contributed by atoms with Gasteiger partial charge in [0.1, 0.15) is 5.82 Å². The van der Waals surface area contributed by atoms with Crippen molar-refractivity contribution in [1.29, 1.82) is 0 Å². The minimum atomic E-state index is 0.636. The lowest BCUT2D eigenvalue weighted by Gasteiger charge is -2.09. The monoisotopic (exact) mass is 238 g/mol. The summed E-state index contributed by atoms with van der Waals surface area (Å²) in [6.07, 6.45) is 2.89. The van der Waals surface area contributed by atoms with E-state index in [1.165, 1.54) is 0 Å². The van der Waals surface area contributed by atoms with Gasteiger partial charge in [-0.2, -0.15) is 4.98 Å². The molecule has 1 aromatic heterocycles. The first-order chi connectivity index (χ1) is 8.22. The lowest BCUT2D eigenvalue weighted by molar-refractivity contribution is 0.210. The number of ether oxygens (including phenoxy) is 1. The van der Waals surface area contributed by atoms with Gasteiger partial charge in [-0.1, -0.05) is 13.8 Å². The molecule has 0 saturated carbocycles. The molecule has 0 unspecified atom stereocenters. The van der Waals surface area contributed by atoms with Crippen LogP contribution in [-0.4, -0.2) is 36.8 Å². The van der Waals surface area contributed by atoms with Gasteiger partial charge in [0.2, 0.25) is 5.95 Å². The average molecular weight is 238 g/mol. The second-order valence-corrected chi connectivity index (χ2v) is 4.29. The van der Waals surface area contributed by atoms with Crippen LogP contribution >= 0.6 is 0 Å². The fraction of sp³-hybridized carbons (Fsp3) is 0.667. The number of nitrogens with one attached hydrogen (secondary N) is 2. The summed E-state index contributed by atoms with van der Waals surface area (Å²) in [5, 5.41) is 6.38. The molecule has 0 bridgehead atoms. The van der Waals surface area contributed by atoms with Crippen LogP contribution < -0.4 is 10.6 Å². The fourth-order valence-electron chi connectivity index (χ4n) is 1.30. The first-order valence-electron chi connectivity index (χ1n) is 6.02. The molecule has 0 saturated heterocycles. The smallest absolute Gasteiger partial charge is 0.224 e. The van der Waals surface area contributed by atoms with Crippen LogP contribution in [0.1, 0.15) is 20.3 Å². The highest BCUT2D eigenvalue weighted by Crippen LogP contribution is 2.06. The predicted octanol–water partition coefficient (Wildman–Crippen LogP) is 1.99. The maximum atomic E-state index is 4.95. The molecule has 2 N–H and O–H groups in total. The van der Waals surface area contributed by atoms with Crippen LogP contribution in [0.5, 0.6) is 0 Å². The molecular formula is C12H22N4O. The van der Waals surface area contributed by atoms with Gasteiger partial charge in [-0.25, -0.2) is 4.98 Å². The van der Waals surface area contributed by atoms with Crippen LogP contribution in [0.15, 0.2) is 12.3 Å². The third-order valence-corrected chi connectivity index (χ3v) is 2.27. The Balaban J connectivity index is 2.37. The molecule has 1 rings (SSSR count). The SMILES string of the molecule is COCCNc1nccc(NCCC(C)C)n1. The van der Waals surface area contributed by atoms with Gasteiger partial charge in [0.25, 0.3) is 0 Å². The molecule has 0 fully saturated rings. The largest absolute Gasteiger partial charge is 0.383 e. The summed E-state index contributed by atoms with van der Waals surface area (Å²) >= 11 is 0. The highest BCUT2D eigenvalue weighted by atomic mass is 16.5. The molecule has 0 radical (unpaired) electrons. The average Bonchev–Trinajstić information content (AvgIpc) is 2.29. The second-order valence-electron chi connectivity index (χ2n) is 4.29. The van der Waals surface area contributed by atoms with E-state index in [0.717, 1.165) is 18.8 Å². The maximum absolute atomic E-state index is 4.95. The number of hydrogen-bond donors (Lipinski definition) is 2. The topological polar surface area (TPSA) is 59.1 Å². The minimum Gasteiger partial charge on any atom is -0.383 e. The first-order valence-corrected chi connectivity index (χ1v) is 6.02. The number of anilines is 2. The predicted molar refractivity (Wildman–Crippen MR) is 70.3 cm³/mol. The van der Waals surface area contributed by atoms with Gasteiger partial charge in [-0.3, -0.25) is 0 Å². The van der Waals surface area contributed by atoms with Crippen LogP contribution in [0.4, 0.5) is 11.8 Å². The maximum Gasteiger partial charge on any atom is 0.224 e. The van der Waals surface area contributed by atoms with E-state index < -0.39 is 0 Å². The molecule has 1 heterocycles. The van der Waals surface area contributed by atoms with Crippen molar-refractivity contribution in [2.75, 3.05) is 37.4 Å². The zero-order chi connectivity index (χ0) is 12.5. The Morgan fingerprint density at radius 2 is 2.12 bits per heavy atom. The summed E-state index contributed by atoms with van der Waals surface area (Å²) in [6.45, 7) is 6.71. The first kappa shape index (κ1) is 13.7. The van der Waals surface area contributed by atoms with Gasteiger partial charge in [-0.05, 0) is 18.4 Å². The van der Waals surface area contributed by atoms with Gasteiger partial charge in [0, 0.05) is 26.4 Å². The van der Waals surface area contributed by atoms with E-state index in [1.54, 1.807) is 13.3 Å². The molecule has 1 aromatic rings. The number of hydrogen-bond acceptors (Lipinski definition) is 5. The highest BCUT2D eigenvalue weighted by Gasteiger charge is 1.99. The summed E-state index contributed by atoms with van der Waals surface area (Å²) < 4.78 is 4.95. The van der Waals surface area contributed by atoms with Crippen molar-refractivity contribution in [3.05, 3.63) is 12.3 Å². The van der Waals surface area contributed by atoms with E-state index in [4.69, 9.17) is 4.74 Å². The van der Waals surface area contributed by atoms with Crippen LogP contribution in [0.3, 0.4) is 0 Å². The molecule has 0 atom stereocenters. The van der Waals surface area contributed by atoms with Gasteiger partial charge in [-0.15, -0.1) is 0 Å². The summed E-state index contributed by atoms with van der Waals surface area (Å²) in [7, 11) is 1.67. The Bertz CT molecular complexity index is 317. The van der Waals surface area contributed by atoms with E-state index >= 15 is 0 Å². The molecule has 96 valence electrons. The van der Waals surface area contributed by atoms with E-state index in [0.29, 0.717) is 25.0 Å². The van der Waals surface area contributed by atoms with Gasteiger partial charge < -0.3 is 15.4 Å². The number of rotatable bonds is 8. The Morgan fingerprint density at radius 1 is 1.29 bits per heavy atom. The Hall–Kier alpha value is -1.36. The number of methoxy groups -OCH3 is 1.